The number of nitrogens with zero attached hydrogens (tertiary/aromatic N) is 1. The van der Waals surface area contributed by atoms with E-state index in [4.69, 9.17) is 9.47 Å². The highest BCUT2D eigenvalue weighted by Gasteiger charge is 2.46. The molecule has 160 valence electrons. The number of thiophene rings is 1. The Balaban J connectivity index is 2.14. The Bertz CT molecular complexity index is 978. The third-order valence-corrected chi connectivity index (χ3v) is 5.94. The van der Waals surface area contributed by atoms with Crippen LogP contribution in [0, 0.1) is 13.8 Å². The molecule has 0 saturated carbocycles. The molecule has 7 heteroatoms. The summed E-state index contributed by atoms with van der Waals surface area (Å²) in [5.41, 5.74) is 2.25. The maximum absolute atomic E-state index is 13.0. The first-order valence-electron chi connectivity index (χ1n) is 9.85. The lowest BCUT2D eigenvalue weighted by molar-refractivity contribution is -0.140. The fourth-order valence-corrected chi connectivity index (χ4v) is 4.63. The Morgan fingerprint density at radius 3 is 2.60 bits per heavy atom. The maximum Gasteiger partial charge on any atom is 0.295 e. The van der Waals surface area contributed by atoms with E-state index in [0.29, 0.717) is 17.9 Å². The molecule has 3 rings (SSSR count). The normalized spacial score (nSPS) is 18.5. The van der Waals surface area contributed by atoms with Crippen LogP contribution in [0.5, 0.6) is 5.75 Å². The summed E-state index contributed by atoms with van der Waals surface area (Å²) in [5, 5.41) is 13.1. The van der Waals surface area contributed by atoms with Crippen molar-refractivity contribution in [1.29, 1.82) is 0 Å². The van der Waals surface area contributed by atoms with Crippen molar-refractivity contribution in [2.24, 2.45) is 0 Å². The Morgan fingerprint density at radius 1 is 1.27 bits per heavy atom. The first-order chi connectivity index (χ1) is 14.3. The number of likely N-dealkylation sites (tertiary alicyclic amines) is 1. The highest BCUT2D eigenvalue weighted by atomic mass is 32.1. The summed E-state index contributed by atoms with van der Waals surface area (Å²) in [6.07, 6.45) is 0.0153. The van der Waals surface area contributed by atoms with E-state index in [9.17, 15) is 14.7 Å². The summed E-state index contributed by atoms with van der Waals surface area (Å²) in [4.78, 5) is 28.2. The van der Waals surface area contributed by atoms with Crippen LogP contribution in [0.2, 0.25) is 0 Å². The average Bonchev–Trinajstić information content (AvgIpc) is 3.29. The van der Waals surface area contributed by atoms with Crippen LogP contribution in [-0.2, 0) is 14.3 Å². The fourth-order valence-electron chi connectivity index (χ4n) is 3.79. The number of hydrogen-bond donors (Lipinski definition) is 1. The number of rotatable bonds is 7. The van der Waals surface area contributed by atoms with E-state index in [1.165, 1.54) is 23.3 Å². The minimum absolute atomic E-state index is 0.0153. The number of aliphatic hydroxyl groups is 1. The minimum Gasteiger partial charge on any atom is -0.507 e. The standard InChI is InChI=1S/C23H27NO5S/c1-13(2)29-9-8-24-19(17-7-6-10-30-17)18(21(26)23(24)27)20(25)16-12-14(3)11-15(4)22(16)28-5/h6-7,10-13,19,25H,8-9H2,1-5H3/b20-18-. The molecule has 0 radical (unpaired) electrons. The van der Waals surface area contributed by atoms with Crippen molar-refractivity contribution in [1.82, 2.24) is 4.90 Å². The van der Waals surface area contributed by atoms with Crippen molar-refractivity contribution in [3.05, 3.63) is 56.8 Å². The summed E-state index contributed by atoms with van der Waals surface area (Å²) in [6.45, 7) is 8.17. The third kappa shape index (κ3) is 4.13. The van der Waals surface area contributed by atoms with Crippen LogP contribution in [0.1, 0.15) is 41.5 Å². The maximum atomic E-state index is 13.0. The van der Waals surface area contributed by atoms with Gasteiger partial charge in [0.25, 0.3) is 11.7 Å². The molecule has 1 aliphatic heterocycles. The summed E-state index contributed by atoms with van der Waals surface area (Å²) in [7, 11) is 1.52. The SMILES string of the molecule is COc1c(C)cc(C)cc1/C(O)=C1/C(=O)C(=O)N(CCOC(C)C)C1c1cccs1. The molecule has 1 fully saturated rings. The van der Waals surface area contributed by atoms with Crippen molar-refractivity contribution < 1.29 is 24.2 Å². The van der Waals surface area contributed by atoms with Gasteiger partial charge in [-0.2, -0.15) is 0 Å². The number of carbonyl (C=O) groups excluding carboxylic acids is 2. The largest absolute Gasteiger partial charge is 0.507 e. The molecular weight excluding hydrogens is 402 g/mol. The van der Waals surface area contributed by atoms with Gasteiger partial charge in [-0.15, -0.1) is 11.3 Å². The number of Topliss-reactive ketones (excluding diaryl/α,β-unsaturated/α-hetero) is 1. The van der Waals surface area contributed by atoms with Gasteiger partial charge in [-0.1, -0.05) is 12.1 Å². The van der Waals surface area contributed by atoms with E-state index in [-0.39, 0.29) is 24.0 Å². The highest BCUT2D eigenvalue weighted by molar-refractivity contribution is 7.10. The number of methoxy groups -OCH3 is 1. The van der Waals surface area contributed by atoms with Crippen molar-refractivity contribution >= 4 is 28.8 Å². The smallest absolute Gasteiger partial charge is 0.295 e. The molecule has 1 aromatic carbocycles. The van der Waals surface area contributed by atoms with Gasteiger partial charge < -0.3 is 19.5 Å². The summed E-state index contributed by atoms with van der Waals surface area (Å²) in [5.74, 6) is -1.07. The average molecular weight is 430 g/mol. The van der Waals surface area contributed by atoms with E-state index in [0.717, 1.165) is 16.0 Å². The van der Waals surface area contributed by atoms with Gasteiger partial charge in [0.15, 0.2) is 0 Å². The van der Waals surface area contributed by atoms with Gasteiger partial charge in [-0.3, -0.25) is 9.59 Å². The zero-order valence-electron chi connectivity index (χ0n) is 17.9. The number of ether oxygens (including phenoxy) is 2. The van der Waals surface area contributed by atoms with Crippen molar-refractivity contribution in [3.8, 4) is 5.75 Å². The van der Waals surface area contributed by atoms with E-state index in [2.05, 4.69) is 0 Å². The van der Waals surface area contributed by atoms with Gasteiger partial charge in [0.05, 0.1) is 37.0 Å². The number of ketones is 1. The van der Waals surface area contributed by atoms with E-state index >= 15 is 0 Å². The van der Waals surface area contributed by atoms with E-state index in [1.807, 2.05) is 51.3 Å². The molecule has 1 aliphatic rings. The molecule has 1 aromatic heterocycles. The molecule has 0 bridgehead atoms. The van der Waals surface area contributed by atoms with Gasteiger partial charge in [0.2, 0.25) is 0 Å². The van der Waals surface area contributed by atoms with Gasteiger partial charge >= 0.3 is 0 Å². The molecule has 1 amide bonds. The third-order valence-electron chi connectivity index (χ3n) is 5.01. The number of aryl methyl sites for hydroxylation is 2. The second kappa shape index (κ2) is 9.02. The van der Waals surface area contributed by atoms with Gasteiger partial charge in [0.1, 0.15) is 11.5 Å². The second-order valence-electron chi connectivity index (χ2n) is 7.59. The monoisotopic (exact) mass is 429 g/mol. The molecule has 1 unspecified atom stereocenters. The molecule has 6 nitrogen and oxygen atoms in total. The van der Waals surface area contributed by atoms with Crippen LogP contribution in [0.25, 0.3) is 5.76 Å². The summed E-state index contributed by atoms with van der Waals surface area (Å²) < 4.78 is 11.1. The quantitative estimate of drug-likeness (QED) is 0.405. The van der Waals surface area contributed by atoms with Crippen LogP contribution in [0.4, 0.5) is 0 Å². The summed E-state index contributed by atoms with van der Waals surface area (Å²) >= 11 is 1.44. The predicted molar refractivity (Wildman–Crippen MR) is 117 cm³/mol. The molecule has 1 atom stereocenters. The molecular formula is C23H27NO5S. The lowest BCUT2D eigenvalue weighted by atomic mass is 9.96. The molecule has 1 saturated heterocycles. The first-order valence-corrected chi connectivity index (χ1v) is 10.7. The van der Waals surface area contributed by atoms with Crippen molar-refractivity contribution in [3.63, 3.8) is 0 Å². The Hall–Kier alpha value is -2.64. The lowest BCUT2D eigenvalue weighted by Gasteiger charge is -2.24. The number of benzene rings is 1. The molecule has 0 spiro atoms. The number of aliphatic hydroxyl groups excluding tert-OH is 1. The fraction of sp³-hybridized carbons (Fsp3) is 0.391. The summed E-state index contributed by atoms with van der Waals surface area (Å²) in [6, 6.07) is 6.77. The van der Waals surface area contributed by atoms with Crippen molar-refractivity contribution in [2.45, 2.75) is 39.8 Å². The van der Waals surface area contributed by atoms with E-state index < -0.39 is 17.7 Å². The molecule has 0 aliphatic carbocycles. The number of hydrogen-bond acceptors (Lipinski definition) is 6. The minimum atomic E-state index is -0.698. The Labute approximate surface area is 180 Å². The topological polar surface area (TPSA) is 76.1 Å². The molecule has 30 heavy (non-hydrogen) atoms. The van der Waals surface area contributed by atoms with Crippen LogP contribution in [0.15, 0.2) is 35.2 Å². The van der Waals surface area contributed by atoms with Gasteiger partial charge in [0, 0.05) is 11.4 Å². The first kappa shape index (κ1) is 22.1. The number of carbonyl (C=O) groups is 2. The predicted octanol–water partition coefficient (Wildman–Crippen LogP) is 4.22. The van der Waals surface area contributed by atoms with Gasteiger partial charge in [-0.25, -0.2) is 0 Å². The Morgan fingerprint density at radius 2 is 2.00 bits per heavy atom. The Kier molecular flexibility index (Phi) is 6.63. The molecule has 2 heterocycles. The lowest BCUT2D eigenvalue weighted by Crippen LogP contribution is -2.33. The van der Waals surface area contributed by atoms with Crippen LogP contribution in [-0.4, -0.2) is 48.1 Å². The van der Waals surface area contributed by atoms with Crippen LogP contribution in [0.3, 0.4) is 0 Å². The zero-order valence-corrected chi connectivity index (χ0v) is 18.7. The van der Waals surface area contributed by atoms with Crippen LogP contribution < -0.4 is 4.74 Å². The second-order valence-corrected chi connectivity index (χ2v) is 8.57. The van der Waals surface area contributed by atoms with Crippen molar-refractivity contribution in [2.75, 3.05) is 20.3 Å². The van der Waals surface area contributed by atoms with Gasteiger partial charge in [-0.05, 0) is 56.3 Å². The highest BCUT2D eigenvalue weighted by Crippen LogP contribution is 2.42. The zero-order chi connectivity index (χ0) is 22.0. The van der Waals surface area contributed by atoms with Crippen LogP contribution >= 0.6 is 11.3 Å². The van der Waals surface area contributed by atoms with E-state index in [1.54, 1.807) is 6.07 Å². The molecule has 1 N–H and O–H groups in total. The number of amides is 1. The molecule has 2 aromatic rings.